The van der Waals surface area contributed by atoms with Crippen LogP contribution in [0.4, 0.5) is 8.78 Å². The second kappa shape index (κ2) is 6.19. The lowest BCUT2D eigenvalue weighted by Crippen LogP contribution is -2.42. The third-order valence-corrected chi connectivity index (χ3v) is 4.47. The molecule has 1 aromatic rings. The van der Waals surface area contributed by atoms with Gasteiger partial charge in [0.05, 0.1) is 0 Å². The van der Waals surface area contributed by atoms with E-state index in [1.165, 1.54) is 25.0 Å². The first kappa shape index (κ1) is 15.4. The summed E-state index contributed by atoms with van der Waals surface area (Å²) in [6.07, 6.45) is 2.34. The van der Waals surface area contributed by atoms with Crippen LogP contribution in [0.2, 0.25) is 0 Å². The zero-order valence-corrected chi connectivity index (χ0v) is 12.5. The molecule has 1 atom stereocenters. The highest BCUT2D eigenvalue weighted by atomic mass is 19.2. The van der Waals surface area contributed by atoms with Crippen LogP contribution in [0.3, 0.4) is 0 Å². The minimum Gasteiger partial charge on any atom is -0.310 e. The summed E-state index contributed by atoms with van der Waals surface area (Å²) in [6.45, 7) is 7.44. The Morgan fingerprint density at radius 2 is 1.90 bits per heavy atom. The maximum atomic E-state index is 13.2. The van der Waals surface area contributed by atoms with Gasteiger partial charge >= 0.3 is 0 Å². The van der Waals surface area contributed by atoms with Gasteiger partial charge in [0, 0.05) is 12.6 Å². The van der Waals surface area contributed by atoms with Gasteiger partial charge in [-0.2, -0.15) is 0 Å². The molecule has 112 valence electrons. The Morgan fingerprint density at radius 1 is 1.25 bits per heavy atom. The van der Waals surface area contributed by atoms with Gasteiger partial charge in [0.2, 0.25) is 0 Å². The van der Waals surface area contributed by atoms with Crippen molar-refractivity contribution in [2.45, 2.75) is 32.7 Å². The number of hydrogen-bond acceptors (Lipinski definition) is 2. The average Bonchev–Trinajstić information content (AvgIpc) is 2.43. The third kappa shape index (κ3) is 3.76. The van der Waals surface area contributed by atoms with Gasteiger partial charge in [0.25, 0.3) is 0 Å². The molecule has 1 N–H and O–H groups in total. The quantitative estimate of drug-likeness (QED) is 0.911. The van der Waals surface area contributed by atoms with E-state index in [-0.39, 0.29) is 6.04 Å². The number of benzene rings is 1. The number of hydrogen-bond donors (Lipinski definition) is 1. The van der Waals surface area contributed by atoms with Gasteiger partial charge in [0.1, 0.15) is 0 Å². The third-order valence-electron chi connectivity index (χ3n) is 4.47. The predicted molar refractivity (Wildman–Crippen MR) is 77.6 cm³/mol. The molecule has 2 nitrogen and oxygen atoms in total. The number of likely N-dealkylation sites (tertiary alicyclic amines) is 1. The van der Waals surface area contributed by atoms with Crippen LogP contribution in [0.25, 0.3) is 0 Å². The highest BCUT2D eigenvalue weighted by molar-refractivity contribution is 5.20. The van der Waals surface area contributed by atoms with E-state index in [4.69, 9.17) is 0 Å². The van der Waals surface area contributed by atoms with Gasteiger partial charge in [-0.1, -0.05) is 13.0 Å². The Balaban J connectivity index is 1.91. The van der Waals surface area contributed by atoms with Crippen molar-refractivity contribution in [1.82, 2.24) is 10.2 Å². The molecule has 20 heavy (non-hydrogen) atoms. The van der Waals surface area contributed by atoms with Crippen molar-refractivity contribution in [3.8, 4) is 0 Å². The van der Waals surface area contributed by atoms with Gasteiger partial charge in [-0.05, 0) is 63.0 Å². The number of halogens is 2. The molecule has 1 heterocycles. The maximum Gasteiger partial charge on any atom is 0.159 e. The summed E-state index contributed by atoms with van der Waals surface area (Å²) >= 11 is 0. The van der Waals surface area contributed by atoms with Crippen molar-refractivity contribution in [1.29, 1.82) is 0 Å². The molecule has 1 aliphatic rings. The van der Waals surface area contributed by atoms with E-state index in [1.807, 2.05) is 6.92 Å². The Labute approximate surface area is 120 Å². The molecular weight excluding hydrogens is 258 g/mol. The first-order valence-electron chi connectivity index (χ1n) is 7.26. The first-order chi connectivity index (χ1) is 9.39. The molecule has 1 unspecified atom stereocenters. The van der Waals surface area contributed by atoms with Gasteiger partial charge in [-0.25, -0.2) is 8.78 Å². The summed E-state index contributed by atoms with van der Waals surface area (Å²) < 4.78 is 26.2. The van der Waals surface area contributed by atoms with Crippen LogP contribution in [-0.4, -0.2) is 31.6 Å². The molecule has 4 heteroatoms. The lowest BCUT2D eigenvalue weighted by molar-refractivity contribution is 0.134. The fourth-order valence-corrected chi connectivity index (χ4v) is 2.63. The molecule has 1 aromatic carbocycles. The van der Waals surface area contributed by atoms with Crippen LogP contribution >= 0.6 is 0 Å². The van der Waals surface area contributed by atoms with E-state index in [2.05, 4.69) is 24.2 Å². The number of nitrogens with one attached hydrogen (secondary N) is 1. The summed E-state index contributed by atoms with van der Waals surface area (Å²) in [7, 11) is 2.15. The molecule has 0 aliphatic carbocycles. The minimum atomic E-state index is -0.789. The van der Waals surface area contributed by atoms with E-state index in [0.29, 0.717) is 5.41 Å². The smallest absolute Gasteiger partial charge is 0.159 e. The lowest BCUT2D eigenvalue weighted by Gasteiger charge is -2.38. The number of piperidine rings is 1. The van der Waals surface area contributed by atoms with Gasteiger partial charge in [0.15, 0.2) is 11.6 Å². The highest BCUT2D eigenvalue weighted by Crippen LogP contribution is 2.30. The lowest BCUT2D eigenvalue weighted by atomic mass is 9.80. The van der Waals surface area contributed by atoms with Crippen molar-refractivity contribution in [2.75, 3.05) is 26.7 Å². The van der Waals surface area contributed by atoms with Crippen molar-refractivity contribution >= 4 is 0 Å². The molecule has 0 saturated carbocycles. The van der Waals surface area contributed by atoms with Gasteiger partial charge < -0.3 is 10.2 Å². The largest absolute Gasteiger partial charge is 0.310 e. The molecule has 0 aromatic heterocycles. The van der Waals surface area contributed by atoms with Gasteiger partial charge in [-0.3, -0.25) is 0 Å². The van der Waals surface area contributed by atoms with Crippen LogP contribution in [0.1, 0.15) is 38.3 Å². The molecule has 1 saturated heterocycles. The van der Waals surface area contributed by atoms with E-state index in [0.717, 1.165) is 25.2 Å². The summed E-state index contributed by atoms with van der Waals surface area (Å²) in [5.74, 6) is -1.56. The van der Waals surface area contributed by atoms with E-state index in [9.17, 15) is 8.78 Å². The van der Waals surface area contributed by atoms with Crippen molar-refractivity contribution < 1.29 is 8.78 Å². The van der Waals surface area contributed by atoms with E-state index < -0.39 is 11.6 Å². The van der Waals surface area contributed by atoms with Crippen molar-refractivity contribution in [3.63, 3.8) is 0 Å². The Bertz CT molecular complexity index is 454. The van der Waals surface area contributed by atoms with Crippen molar-refractivity contribution in [2.24, 2.45) is 5.41 Å². The maximum absolute atomic E-state index is 13.2. The normalized spacial score (nSPS) is 20.9. The molecule has 0 spiro atoms. The standard InChI is InChI=1S/C16H24F2N2/c1-12(13-4-5-14(17)15(18)10-13)19-11-16(2)6-8-20(3)9-7-16/h4-5,10,12,19H,6-9,11H2,1-3H3. The van der Waals surface area contributed by atoms with Crippen LogP contribution in [-0.2, 0) is 0 Å². The minimum absolute atomic E-state index is 0.0292. The SMILES string of the molecule is CC(NCC1(C)CCN(C)CC1)c1ccc(F)c(F)c1. The van der Waals surface area contributed by atoms with Gasteiger partial charge in [-0.15, -0.1) is 0 Å². The average molecular weight is 282 g/mol. The van der Waals surface area contributed by atoms with Crippen LogP contribution < -0.4 is 5.32 Å². The molecule has 1 fully saturated rings. The molecule has 1 aliphatic heterocycles. The summed E-state index contributed by atoms with van der Waals surface area (Å²) in [6, 6.07) is 4.15. The summed E-state index contributed by atoms with van der Waals surface area (Å²) in [5.41, 5.74) is 1.08. The summed E-state index contributed by atoms with van der Waals surface area (Å²) in [4.78, 5) is 2.35. The zero-order chi connectivity index (χ0) is 14.8. The van der Waals surface area contributed by atoms with Crippen LogP contribution in [0.5, 0.6) is 0 Å². The topological polar surface area (TPSA) is 15.3 Å². The Kier molecular flexibility index (Phi) is 4.76. The van der Waals surface area contributed by atoms with E-state index >= 15 is 0 Å². The first-order valence-corrected chi connectivity index (χ1v) is 7.26. The van der Waals surface area contributed by atoms with E-state index in [1.54, 1.807) is 6.07 Å². The second-order valence-electron chi connectivity index (χ2n) is 6.39. The second-order valence-corrected chi connectivity index (χ2v) is 6.39. The number of rotatable bonds is 4. The molecule has 0 amide bonds. The fraction of sp³-hybridized carbons (Fsp3) is 0.625. The van der Waals surface area contributed by atoms with Crippen molar-refractivity contribution in [3.05, 3.63) is 35.4 Å². The van der Waals surface area contributed by atoms with Crippen LogP contribution in [0.15, 0.2) is 18.2 Å². The summed E-state index contributed by atoms with van der Waals surface area (Å²) in [5, 5.41) is 3.46. The zero-order valence-electron chi connectivity index (χ0n) is 12.5. The highest BCUT2D eigenvalue weighted by Gasteiger charge is 2.29. The molecule has 0 bridgehead atoms. The Morgan fingerprint density at radius 3 is 2.50 bits per heavy atom. The molecule has 2 rings (SSSR count). The van der Waals surface area contributed by atoms with Crippen LogP contribution in [0, 0.1) is 17.0 Å². The predicted octanol–water partition coefficient (Wildman–Crippen LogP) is 3.35. The molecular formula is C16H24F2N2. The number of nitrogens with zero attached hydrogens (tertiary/aromatic N) is 1. The monoisotopic (exact) mass is 282 g/mol. The Hall–Kier alpha value is -1.00. The molecule has 0 radical (unpaired) electrons. The fourth-order valence-electron chi connectivity index (χ4n) is 2.63.